The minimum atomic E-state index is -0.461. The van der Waals surface area contributed by atoms with Crippen molar-refractivity contribution in [2.75, 3.05) is 0 Å². The highest BCUT2D eigenvalue weighted by Gasteiger charge is 2.15. The summed E-state index contributed by atoms with van der Waals surface area (Å²) in [5.41, 5.74) is 2.62. The van der Waals surface area contributed by atoms with Gasteiger partial charge in [-0.15, -0.1) is 11.3 Å². The second kappa shape index (κ2) is 8.36. The molecule has 142 valence electrons. The first-order valence-corrected chi connectivity index (χ1v) is 9.90. The van der Waals surface area contributed by atoms with Gasteiger partial charge in [0, 0.05) is 0 Å². The molecule has 0 fully saturated rings. The molecule has 0 aliphatic carbocycles. The fraction of sp³-hybridized carbons (Fsp3) is 0.167. The molecule has 0 saturated carbocycles. The third-order valence-corrected chi connectivity index (χ3v) is 5.13. The van der Waals surface area contributed by atoms with Crippen molar-refractivity contribution in [3.8, 4) is 5.75 Å². The molecule has 0 unspecified atom stereocenters. The van der Waals surface area contributed by atoms with E-state index in [0.717, 1.165) is 5.56 Å². The van der Waals surface area contributed by atoms with Gasteiger partial charge in [-0.05, 0) is 46.2 Å². The lowest BCUT2D eigenvalue weighted by Crippen LogP contribution is -2.10. The zero-order valence-corrected chi connectivity index (χ0v) is 17.0. The maximum Gasteiger partial charge on any atom is 0.353 e. The maximum absolute atomic E-state index is 12.7. The largest absolute Gasteiger partial charge is 0.422 e. The molecular weight excluding hydrogens is 368 g/mol. The second-order valence-corrected chi connectivity index (χ2v) is 8.38. The van der Waals surface area contributed by atoms with Gasteiger partial charge in [0.05, 0.1) is 5.56 Å². The van der Waals surface area contributed by atoms with E-state index in [-0.39, 0.29) is 16.9 Å². The minimum absolute atomic E-state index is 0.0867. The first-order valence-electron chi connectivity index (χ1n) is 9.02. The fourth-order valence-electron chi connectivity index (χ4n) is 2.66. The van der Waals surface area contributed by atoms with Gasteiger partial charge in [-0.2, -0.15) is 0 Å². The highest BCUT2D eigenvalue weighted by atomic mass is 32.1. The number of rotatable bonds is 5. The van der Waals surface area contributed by atoms with E-state index in [0.29, 0.717) is 10.4 Å². The van der Waals surface area contributed by atoms with Crippen molar-refractivity contribution in [3.63, 3.8) is 0 Å². The average Bonchev–Trinajstić information content (AvgIpc) is 3.21. The highest BCUT2D eigenvalue weighted by Crippen LogP contribution is 2.24. The van der Waals surface area contributed by atoms with E-state index in [1.165, 1.54) is 23.0 Å². The van der Waals surface area contributed by atoms with Gasteiger partial charge < -0.3 is 4.74 Å². The van der Waals surface area contributed by atoms with Crippen LogP contribution in [0.2, 0.25) is 0 Å². The quantitative estimate of drug-likeness (QED) is 0.227. The molecule has 0 N–H and O–H groups in total. The van der Waals surface area contributed by atoms with E-state index >= 15 is 0 Å². The van der Waals surface area contributed by atoms with Crippen molar-refractivity contribution in [1.29, 1.82) is 0 Å². The van der Waals surface area contributed by atoms with Crippen molar-refractivity contribution in [2.45, 2.75) is 26.2 Å². The fourth-order valence-corrected chi connectivity index (χ4v) is 3.26. The Morgan fingerprint density at radius 1 is 0.929 bits per heavy atom. The Morgan fingerprint density at radius 3 is 2.29 bits per heavy atom. The molecule has 0 saturated heterocycles. The van der Waals surface area contributed by atoms with Crippen LogP contribution in [-0.2, 0) is 5.41 Å². The molecule has 0 radical (unpaired) electrons. The van der Waals surface area contributed by atoms with Crippen molar-refractivity contribution in [3.05, 3.63) is 93.7 Å². The number of ketones is 1. The Hall–Kier alpha value is -2.98. The van der Waals surface area contributed by atoms with Crippen LogP contribution in [0, 0.1) is 0 Å². The Bertz CT molecular complexity index is 991. The molecule has 1 heterocycles. The summed E-state index contributed by atoms with van der Waals surface area (Å²) >= 11 is 1.30. The van der Waals surface area contributed by atoms with E-state index in [9.17, 15) is 9.59 Å². The lowest BCUT2D eigenvalue weighted by atomic mass is 9.87. The summed E-state index contributed by atoms with van der Waals surface area (Å²) in [4.78, 5) is 25.4. The summed E-state index contributed by atoms with van der Waals surface area (Å²) < 4.78 is 5.43. The van der Waals surface area contributed by atoms with Crippen LogP contribution in [0.4, 0.5) is 0 Å². The van der Waals surface area contributed by atoms with E-state index in [1.807, 2.05) is 12.1 Å². The van der Waals surface area contributed by atoms with Crippen LogP contribution in [-0.4, -0.2) is 11.8 Å². The lowest BCUT2D eigenvalue weighted by Gasteiger charge is -2.18. The molecule has 0 aliphatic heterocycles. The Labute approximate surface area is 169 Å². The molecule has 28 heavy (non-hydrogen) atoms. The number of allylic oxidation sites excluding steroid dienone is 1. The van der Waals surface area contributed by atoms with Crippen LogP contribution in [0.1, 0.15) is 51.9 Å². The number of ether oxygens (including phenoxy) is 1. The molecule has 1 aromatic heterocycles. The average molecular weight is 391 g/mol. The molecular formula is C24H22O3S. The monoisotopic (exact) mass is 390 g/mol. The highest BCUT2D eigenvalue weighted by molar-refractivity contribution is 7.12. The summed E-state index contributed by atoms with van der Waals surface area (Å²) in [6, 6.07) is 18.4. The van der Waals surface area contributed by atoms with Gasteiger partial charge in [0.25, 0.3) is 0 Å². The number of hydrogen-bond acceptors (Lipinski definition) is 4. The second-order valence-electron chi connectivity index (χ2n) is 7.43. The number of carbonyl (C=O) groups excluding carboxylic acids is 2. The van der Waals surface area contributed by atoms with Crippen molar-refractivity contribution in [1.82, 2.24) is 0 Å². The SMILES string of the molecule is CC(C)(C)c1ccc(/C=C/C(=O)c2ccccc2OC(=O)c2cccs2)cc1. The van der Waals surface area contributed by atoms with Gasteiger partial charge in [0.2, 0.25) is 0 Å². The third kappa shape index (κ3) is 4.84. The molecule has 0 bridgehead atoms. The predicted molar refractivity (Wildman–Crippen MR) is 114 cm³/mol. The van der Waals surface area contributed by atoms with Gasteiger partial charge in [-0.1, -0.05) is 69.3 Å². The molecule has 0 aliphatic rings. The van der Waals surface area contributed by atoms with Gasteiger partial charge in [-0.25, -0.2) is 4.79 Å². The summed E-state index contributed by atoms with van der Waals surface area (Å²) in [6.07, 6.45) is 3.27. The first-order chi connectivity index (χ1) is 13.3. The van der Waals surface area contributed by atoms with Gasteiger partial charge in [-0.3, -0.25) is 4.79 Å². The molecule has 3 aromatic rings. The number of benzene rings is 2. The van der Waals surface area contributed by atoms with Crippen LogP contribution < -0.4 is 4.74 Å². The molecule has 0 atom stereocenters. The van der Waals surface area contributed by atoms with Crippen LogP contribution in [0.25, 0.3) is 6.08 Å². The van der Waals surface area contributed by atoms with Gasteiger partial charge in [0.1, 0.15) is 10.6 Å². The van der Waals surface area contributed by atoms with Crippen molar-refractivity contribution >= 4 is 29.2 Å². The molecule has 2 aromatic carbocycles. The summed E-state index contributed by atoms with van der Waals surface area (Å²) in [5.74, 6) is -0.412. The van der Waals surface area contributed by atoms with Crippen LogP contribution in [0.3, 0.4) is 0 Å². The van der Waals surface area contributed by atoms with Gasteiger partial charge >= 0.3 is 5.97 Å². The Morgan fingerprint density at radius 2 is 1.64 bits per heavy atom. The number of hydrogen-bond donors (Lipinski definition) is 0. The smallest absolute Gasteiger partial charge is 0.353 e. The van der Waals surface area contributed by atoms with Crippen molar-refractivity contribution < 1.29 is 14.3 Å². The molecule has 3 nitrogen and oxygen atoms in total. The summed E-state index contributed by atoms with van der Waals surface area (Å²) in [6.45, 7) is 6.49. The lowest BCUT2D eigenvalue weighted by molar-refractivity contribution is 0.0738. The number of para-hydroxylation sites is 1. The molecule has 0 amide bonds. The zero-order valence-electron chi connectivity index (χ0n) is 16.1. The van der Waals surface area contributed by atoms with Gasteiger partial charge in [0.15, 0.2) is 5.78 Å². The van der Waals surface area contributed by atoms with Crippen LogP contribution in [0.5, 0.6) is 5.75 Å². The van der Waals surface area contributed by atoms with Crippen molar-refractivity contribution in [2.24, 2.45) is 0 Å². The molecule has 3 rings (SSSR count). The van der Waals surface area contributed by atoms with E-state index in [1.54, 1.807) is 47.9 Å². The van der Waals surface area contributed by atoms with E-state index in [4.69, 9.17) is 4.74 Å². The third-order valence-electron chi connectivity index (χ3n) is 4.28. The summed E-state index contributed by atoms with van der Waals surface area (Å²) in [7, 11) is 0. The van der Waals surface area contributed by atoms with E-state index < -0.39 is 5.97 Å². The molecule has 4 heteroatoms. The number of thiophene rings is 1. The summed E-state index contributed by atoms with van der Waals surface area (Å²) in [5, 5.41) is 1.81. The Balaban J connectivity index is 1.76. The predicted octanol–water partition coefficient (Wildman–Crippen LogP) is 6.16. The minimum Gasteiger partial charge on any atom is -0.422 e. The number of esters is 1. The topological polar surface area (TPSA) is 43.4 Å². The number of carbonyl (C=O) groups is 2. The maximum atomic E-state index is 12.7. The zero-order chi connectivity index (χ0) is 20.1. The van der Waals surface area contributed by atoms with Crippen LogP contribution >= 0.6 is 11.3 Å². The normalized spacial score (nSPS) is 11.5. The van der Waals surface area contributed by atoms with E-state index in [2.05, 4.69) is 32.9 Å². The Kier molecular flexibility index (Phi) is 5.90. The van der Waals surface area contributed by atoms with Crippen LogP contribution in [0.15, 0.2) is 72.1 Å². The first kappa shape index (κ1) is 19.8. The molecule has 0 spiro atoms. The standard InChI is InChI=1S/C24H22O3S/c1-24(2,3)18-13-10-17(11-14-18)12-15-20(25)19-7-4-5-8-21(19)27-23(26)22-9-6-16-28-22/h4-16H,1-3H3/b15-12+.